The lowest BCUT2D eigenvalue weighted by molar-refractivity contribution is 0.0605. The van der Waals surface area contributed by atoms with E-state index in [0.29, 0.717) is 11.3 Å². The Morgan fingerprint density at radius 1 is 1.47 bits per heavy atom. The summed E-state index contributed by atoms with van der Waals surface area (Å²) in [5.74, 6) is -0.332. The normalized spacial score (nSPS) is 10.2. The highest BCUT2D eigenvalue weighted by atomic mass is 32.1. The Bertz CT molecular complexity index is 523. The van der Waals surface area contributed by atoms with E-state index in [9.17, 15) is 4.79 Å². The molecule has 0 bridgehead atoms. The fraction of sp³-hybridized carbons (Fsp3) is 0.250. The highest BCUT2D eigenvalue weighted by Gasteiger charge is 2.18. The summed E-state index contributed by atoms with van der Waals surface area (Å²) in [5.41, 5.74) is 1.55. The molecule has 0 unspecified atom stereocenters. The zero-order valence-electron chi connectivity index (χ0n) is 9.64. The molecule has 2 rings (SSSR count). The number of ether oxygens (including phenoxy) is 1. The van der Waals surface area contributed by atoms with Crippen LogP contribution in [0.25, 0.3) is 10.7 Å². The molecule has 0 radical (unpaired) electrons. The summed E-state index contributed by atoms with van der Waals surface area (Å²) in [6.07, 6.45) is 2.41. The third-order valence-electron chi connectivity index (χ3n) is 2.29. The van der Waals surface area contributed by atoms with Crippen LogP contribution in [-0.2, 0) is 11.2 Å². The largest absolute Gasteiger partial charge is 0.465 e. The number of hydrogen-bond acceptors (Lipinski definition) is 5. The maximum absolute atomic E-state index is 11.6. The Labute approximate surface area is 103 Å². The van der Waals surface area contributed by atoms with Crippen LogP contribution in [0.3, 0.4) is 0 Å². The zero-order valence-corrected chi connectivity index (χ0v) is 10.5. The van der Waals surface area contributed by atoms with Crippen LogP contribution in [0.1, 0.15) is 22.3 Å². The molecule has 0 aliphatic heterocycles. The van der Waals surface area contributed by atoms with Gasteiger partial charge in [-0.15, -0.1) is 11.3 Å². The van der Waals surface area contributed by atoms with Crippen molar-refractivity contribution in [3.05, 3.63) is 35.0 Å². The molecular formula is C12H12N2O2S. The van der Waals surface area contributed by atoms with Gasteiger partial charge in [0.2, 0.25) is 0 Å². The van der Waals surface area contributed by atoms with E-state index < -0.39 is 0 Å². The monoisotopic (exact) mass is 248 g/mol. The van der Waals surface area contributed by atoms with Gasteiger partial charge in [0.05, 0.1) is 18.5 Å². The standard InChI is InChI=1S/C12H12N2O2S/c1-3-8-10(12(15)16-2)17-11(14-8)9-6-4-5-7-13-9/h4-7H,3H2,1-2H3. The van der Waals surface area contributed by atoms with Crippen LogP contribution in [0.15, 0.2) is 24.4 Å². The van der Waals surface area contributed by atoms with Crippen molar-refractivity contribution in [2.24, 2.45) is 0 Å². The van der Waals surface area contributed by atoms with Crippen molar-refractivity contribution in [2.75, 3.05) is 7.11 Å². The second-order valence-corrected chi connectivity index (χ2v) is 4.35. The number of carbonyl (C=O) groups excluding carboxylic acids is 1. The average Bonchev–Trinajstić information content (AvgIpc) is 2.83. The molecule has 0 amide bonds. The van der Waals surface area contributed by atoms with Crippen molar-refractivity contribution in [2.45, 2.75) is 13.3 Å². The van der Waals surface area contributed by atoms with Gasteiger partial charge in [-0.1, -0.05) is 13.0 Å². The lowest BCUT2D eigenvalue weighted by Crippen LogP contribution is -2.01. The maximum Gasteiger partial charge on any atom is 0.349 e. The van der Waals surface area contributed by atoms with Crippen molar-refractivity contribution in [3.63, 3.8) is 0 Å². The van der Waals surface area contributed by atoms with Crippen molar-refractivity contribution in [1.29, 1.82) is 0 Å². The van der Waals surface area contributed by atoms with Crippen LogP contribution in [-0.4, -0.2) is 23.0 Å². The van der Waals surface area contributed by atoms with Crippen molar-refractivity contribution in [3.8, 4) is 10.7 Å². The predicted octanol–water partition coefficient (Wildman–Crippen LogP) is 2.55. The Balaban J connectivity index is 2.45. The second kappa shape index (κ2) is 5.05. The first-order chi connectivity index (χ1) is 8.26. The molecule has 2 aromatic rings. The lowest BCUT2D eigenvalue weighted by atomic mass is 10.3. The number of carbonyl (C=O) groups is 1. The van der Waals surface area contributed by atoms with Crippen molar-refractivity contribution in [1.82, 2.24) is 9.97 Å². The molecule has 0 aromatic carbocycles. The van der Waals surface area contributed by atoms with Gasteiger partial charge in [0.15, 0.2) is 0 Å². The van der Waals surface area contributed by atoms with Crippen LogP contribution < -0.4 is 0 Å². The third kappa shape index (κ3) is 2.34. The Kier molecular flexibility index (Phi) is 3.49. The van der Waals surface area contributed by atoms with Gasteiger partial charge in [0.25, 0.3) is 0 Å². The van der Waals surface area contributed by atoms with Gasteiger partial charge < -0.3 is 4.74 Å². The molecule has 5 heteroatoms. The summed E-state index contributed by atoms with van der Waals surface area (Å²) >= 11 is 1.32. The number of aromatic nitrogens is 2. The van der Waals surface area contributed by atoms with Gasteiger partial charge in [-0.3, -0.25) is 4.98 Å². The summed E-state index contributed by atoms with van der Waals surface area (Å²) in [4.78, 5) is 20.8. The van der Waals surface area contributed by atoms with Gasteiger partial charge in [0.1, 0.15) is 9.88 Å². The molecule has 0 saturated carbocycles. The Morgan fingerprint density at radius 2 is 2.29 bits per heavy atom. The molecule has 0 fully saturated rings. The predicted molar refractivity (Wildman–Crippen MR) is 66.1 cm³/mol. The van der Waals surface area contributed by atoms with E-state index in [2.05, 4.69) is 9.97 Å². The van der Waals surface area contributed by atoms with E-state index in [-0.39, 0.29) is 5.97 Å². The van der Waals surface area contributed by atoms with E-state index in [0.717, 1.165) is 16.4 Å². The van der Waals surface area contributed by atoms with Crippen molar-refractivity contribution < 1.29 is 9.53 Å². The van der Waals surface area contributed by atoms with Crippen LogP contribution in [0.2, 0.25) is 0 Å². The van der Waals surface area contributed by atoms with E-state index in [1.54, 1.807) is 6.20 Å². The minimum absolute atomic E-state index is 0.332. The molecule has 0 aliphatic carbocycles. The fourth-order valence-electron chi connectivity index (χ4n) is 1.44. The summed E-state index contributed by atoms with van der Waals surface area (Å²) in [6, 6.07) is 5.62. The fourth-order valence-corrected chi connectivity index (χ4v) is 2.49. The minimum Gasteiger partial charge on any atom is -0.465 e. The lowest BCUT2D eigenvalue weighted by Gasteiger charge is -1.95. The molecule has 0 spiro atoms. The number of aryl methyl sites for hydroxylation is 1. The molecule has 4 nitrogen and oxygen atoms in total. The molecule has 0 aliphatic rings. The first-order valence-electron chi connectivity index (χ1n) is 5.25. The van der Waals surface area contributed by atoms with Crippen molar-refractivity contribution >= 4 is 17.3 Å². The number of esters is 1. The number of pyridine rings is 1. The van der Waals surface area contributed by atoms with Gasteiger partial charge >= 0.3 is 5.97 Å². The molecule has 17 heavy (non-hydrogen) atoms. The summed E-state index contributed by atoms with van der Waals surface area (Å²) < 4.78 is 4.74. The highest BCUT2D eigenvalue weighted by molar-refractivity contribution is 7.17. The first-order valence-corrected chi connectivity index (χ1v) is 6.07. The smallest absolute Gasteiger partial charge is 0.349 e. The molecule has 0 saturated heterocycles. The number of rotatable bonds is 3. The van der Waals surface area contributed by atoms with E-state index in [1.807, 2.05) is 25.1 Å². The van der Waals surface area contributed by atoms with Gasteiger partial charge in [0, 0.05) is 6.20 Å². The van der Waals surface area contributed by atoms with Crippen LogP contribution in [0.5, 0.6) is 0 Å². The summed E-state index contributed by atoms with van der Waals surface area (Å²) in [5, 5.41) is 0.753. The number of thiazole rings is 1. The molecule has 0 atom stereocenters. The molecule has 2 heterocycles. The number of nitrogens with zero attached hydrogens (tertiary/aromatic N) is 2. The Hall–Kier alpha value is -1.75. The minimum atomic E-state index is -0.332. The molecular weight excluding hydrogens is 236 g/mol. The average molecular weight is 248 g/mol. The second-order valence-electron chi connectivity index (χ2n) is 3.35. The first kappa shape index (κ1) is 11.7. The molecule has 0 N–H and O–H groups in total. The summed E-state index contributed by atoms with van der Waals surface area (Å²) in [6.45, 7) is 1.96. The Morgan fingerprint density at radius 3 is 2.88 bits per heavy atom. The van der Waals surface area contributed by atoms with Crippen LogP contribution in [0, 0.1) is 0 Å². The zero-order chi connectivity index (χ0) is 12.3. The molecule has 88 valence electrons. The third-order valence-corrected chi connectivity index (χ3v) is 3.39. The summed E-state index contributed by atoms with van der Waals surface area (Å²) in [7, 11) is 1.38. The quantitative estimate of drug-likeness (QED) is 0.783. The van der Waals surface area contributed by atoms with Gasteiger partial charge in [-0.25, -0.2) is 9.78 Å². The highest BCUT2D eigenvalue weighted by Crippen LogP contribution is 2.27. The maximum atomic E-state index is 11.6. The number of methoxy groups -OCH3 is 1. The number of hydrogen-bond donors (Lipinski definition) is 0. The van der Waals surface area contributed by atoms with E-state index in [1.165, 1.54) is 18.4 Å². The van der Waals surface area contributed by atoms with Crippen LogP contribution in [0.4, 0.5) is 0 Å². The van der Waals surface area contributed by atoms with E-state index >= 15 is 0 Å². The topological polar surface area (TPSA) is 52.1 Å². The van der Waals surface area contributed by atoms with Gasteiger partial charge in [-0.2, -0.15) is 0 Å². The van der Waals surface area contributed by atoms with E-state index in [4.69, 9.17) is 4.74 Å². The van der Waals surface area contributed by atoms with Gasteiger partial charge in [-0.05, 0) is 18.6 Å². The van der Waals surface area contributed by atoms with Crippen LogP contribution >= 0.6 is 11.3 Å². The SMILES string of the molecule is CCc1nc(-c2ccccn2)sc1C(=O)OC. The molecule has 2 aromatic heterocycles.